The molecule has 1 aromatic carbocycles. The van der Waals surface area contributed by atoms with Crippen LogP contribution in [0.25, 0.3) is 10.2 Å². The smallest absolute Gasteiger partial charge is 0.241 e. The molecule has 2 rings (SSSR count). The van der Waals surface area contributed by atoms with Crippen LogP contribution in [-0.2, 0) is 10.2 Å². The lowest BCUT2D eigenvalue weighted by molar-refractivity contribution is 0.553. The van der Waals surface area contributed by atoms with Gasteiger partial charge >= 0.3 is 10.2 Å². The molecule has 1 aromatic heterocycles. The molecule has 0 aliphatic rings. The second kappa shape index (κ2) is 2.99. The van der Waals surface area contributed by atoms with E-state index >= 15 is 0 Å². The van der Waals surface area contributed by atoms with E-state index in [4.69, 9.17) is 0 Å². The highest BCUT2D eigenvalue weighted by molar-refractivity contribution is 7.86. The Hall–Kier alpha value is -1.01. The average Bonchev–Trinajstić information content (AvgIpc) is 2.41. The first kappa shape index (κ1) is 9.54. The number of rotatable bonds is 1. The molecule has 0 saturated carbocycles. The van der Waals surface area contributed by atoms with E-state index in [0.29, 0.717) is 10.2 Å². The molecule has 0 spiro atoms. The topological polar surface area (TPSA) is 47.0 Å². The van der Waals surface area contributed by atoms with Gasteiger partial charge in [0.05, 0.1) is 15.2 Å². The van der Waals surface area contributed by atoms with Gasteiger partial charge in [0.1, 0.15) is 4.90 Å². The second-order valence-corrected chi connectivity index (χ2v) is 5.29. The predicted octanol–water partition coefficient (Wildman–Crippen LogP) is 2.26. The maximum atomic E-state index is 12.8. The summed E-state index contributed by atoms with van der Waals surface area (Å²) in [5, 5.41) is 0.719. The molecule has 0 unspecified atom stereocenters. The molecular weight excluding hydrogens is 225 g/mol. The largest absolute Gasteiger partial charge is 0.333 e. The fourth-order valence-corrected chi connectivity index (χ4v) is 3.04. The lowest BCUT2D eigenvalue weighted by Gasteiger charge is -1.94. The van der Waals surface area contributed by atoms with Crippen molar-refractivity contribution < 1.29 is 12.3 Å². The van der Waals surface area contributed by atoms with Crippen molar-refractivity contribution in [2.75, 3.05) is 0 Å². The van der Waals surface area contributed by atoms with Crippen molar-refractivity contribution in [1.29, 1.82) is 0 Å². The first-order valence-electron chi connectivity index (χ1n) is 3.79. The summed E-state index contributed by atoms with van der Waals surface area (Å²) in [6, 6.07) is 4.39. The molecule has 74 valence electrons. The number of halogens is 1. The Bertz CT molecular complexity index is 588. The van der Waals surface area contributed by atoms with Crippen LogP contribution in [0.4, 0.5) is 3.89 Å². The molecule has 0 radical (unpaired) electrons. The van der Waals surface area contributed by atoms with Crippen LogP contribution in [0.1, 0.15) is 5.01 Å². The Labute approximate surface area is 84.4 Å². The van der Waals surface area contributed by atoms with Crippen LogP contribution in [0.5, 0.6) is 0 Å². The third-order valence-electron chi connectivity index (χ3n) is 1.75. The van der Waals surface area contributed by atoms with Crippen LogP contribution in [-0.4, -0.2) is 13.4 Å². The highest BCUT2D eigenvalue weighted by Gasteiger charge is 2.17. The van der Waals surface area contributed by atoms with Crippen molar-refractivity contribution in [3.63, 3.8) is 0 Å². The SMILES string of the molecule is Cc1nc2cccc(S(=O)(=O)F)c2s1. The van der Waals surface area contributed by atoms with Crippen molar-refractivity contribution >= 4 is 31.8 Å². The minimum Gasteiger partial charge on any atom is -0.241 e. The van der Waals surface area contributed by atoms with E-state index in [-0.39, 0.29) is 4.90 Å². The summed E-state index contributed by atoms with van der Waals surface area (Å²) in [5.41, 5.74) is 0.520. The minimum atomic E-state index is -4.65. The Kier molecular flexibility index (Phi) is 2.04. The van der Waals surface area contributed by atoms with Crippen molar-refractivity contribution in [1.82, 2.24) is 4.98 Å². The average molecular weight is 231 g/mol. The Morgan fingerprint density at radius 1 is 1.43 bits per heavy atom. The van der Waals surface area contributed by atoms with Gasteiger partial charge < -0.3 is 0 Å². The summed E-state index contributed by atoms with van der Waals surface area (Å²) >= 11 is 1.18. The molecule has 0 saturated heterocycles. The van der Waals surface area contributed by atoms with Crippen molar-refractivity contribution in [2.45, 2.75) is 11.8 Å². The molecule has 2 aromatic rings. The zero-order valence-corrected chi connectivity index (χ0v) is 8.82. The standard InChI is InChI=1S/C8H6FNO2S2/c1-5-10-6-3-2-4-7(8(6)13-5)14(9,11)12/h2-4H,1H3. The fourth-order valence-electron chi connectivity index (χ4n) is 1.23. The third kappa shape index (κ3) is 1.51. The maximum absolute atomic E-state index is 12.8. The molecule has 0 aliphatic carbocycles. The van der Waals surface area contributed by atoms with Crippen molar-refractivity contribution in [3.05, 3.63) is 23.2 Å². The monoisotopic (exact) mass is 231 g/mol. The minimum absolute atomic E-state index is 0.291. The lowest BCUT2D eigenvalue weighted by atomic mass is 10.3. The number of aryl methyl sites for hydroxylation is 1. The summed E-state index contributed by atoms with van der Waals surface area (Å²) in [5.74, 6) is 0. The molecule has 14 heavy (non-hydrogen) atoms. The van der Waals surface area contributed by atoms with Gasteiger partial charge in [-0.05, 0) is 19.1 Å². The van der Waals surface area contributed by atoms with Gasteiger partial charge in [-0.15, -0.1) is 15.2 Å². The molecule has 0 amide bonds. The van der Waals surface area contributed by atoms with E-state index in [2.05, 4.69) is 4.98 Å². The summed E-state index contributed by atoms with van der Waals surface area (Å²) in [6.45, 7) is 1.75. The summed E-state index contributed by atoms with van der Waals surface area (Å²) in [6.07, 6.45) is 0. The van der Waals surface area contributed by atoms with E-state index in [1.54, 1.807) is 13.0 Å². The molecule has 1 heterocycles. The number of thiazole rings is 1. The molecular formula is C8H6FNO2S2. The molecule has 6 heteroatoms. The molecule has 0 N–H and O–H groups in total. The van der Waals surface area contributed by atoms with Crippen LogP contribution in [0.15, 0.2) is 23.1 Å². The number of fused-ring (bicyclic) bond motifs is 1. The summed E-state index contributed by atoms with van der Waals surface area (Å²) < 4.78 is 34.7. The highest BCUT2D eigenvalue weighted by Crippen LogP contribution is 2.29. The van der Waals surface area contributed by atoms with Crippen LogP contribution in [0, 0.1) is 6.92 Å². The van der Waals surface area contributed by atoms with Crippen molar-refractivity contribution in [3.8, 4) is 0 Å². The molecule has 0 fully saturated rings. The van der Waals surface area contributed by atoms with E-state index in [1.807, 2.05) is 0 Å². The van der Waals surface area contributed by atoms with Crippen LogP contribution >= 0.6 is 11.3 Å². The predicted molar refractivity (Wildman–Crippen MR) is 52.7 cm³/mol. The van der Waals surface area contributed by atoms with Gasteiger partial charge in [-0.3, -0.25) is 0 Å². The van der Waals surface area contributed by atoms with Gasteiger partial charge in [-0.1, -0.05) is 6.07 Å². The number of benzene rings is 1. The number of nitrogens with zero attached hydrogens (tertiary/aromatic N) is 1. The molecule has 0 bridgehead atoms. The first-order valence-corrected chi connectivity index (χ1v) is 5.99. The van der Waals surface area contributed by atoms with E-state index in [0.717, 1.165) is 5.01 Å². The molecule has 0 aliphatic heterocycles. The molecule has 0 atom stereocenters. The van der Waals surface area contributed by atoms with Gasteiger partial charge in [0.25, 0.3) is 0 Å². The quantitative estimate of drug-likeness (QED) is 0.707. The van der Waals surface area contributed by atoms with Crippen LogP contribution in [0.2, 0.25) is 0 Å². The fraction of sp³-hybridized carbons (Fsp3) is 0.125. The van der Waals surface area contributed by atoms with Gasteiger partial charge in [0.15, 0.2) is 0 Å². The zero-order chi connectivity index (χ0) is 10.3. The Morgan fingerprint density at radius 2 is 2.14 bits per heavy atom. The lowest BCUT2D eigenvalue weighted by Crippen LogP contribution is -1.91. The second-order valence-electron chi connectivity index (χ2n) is 2.78. The Balaban J connectivity index is 2.90. The maximum Gasteiger partial charge on any atom is 0.333 e. The highest BCUT2D eigenvalue weighted by atomic mass is 32.3. The molecule has 3 nitrogen and oxygen atoms in total. The number of hydrogen-bond acceptors (Lipinski definition) is 4. The first-order chi connectivity index (χ1) is 6.48. The number of aromatic nitrogens is 1. The third-order valence-corrected chi connectivity index (χ3v) is 3.76. The number of hydrogen-bond donors (Lipinski definition) is 0. The zero-order valence-electron chi connectivity index (χ0n) is 7.19. The van der Waals surface area contributed by atoms with Crippen LogP contribution < -0.4 is 0 Å². The van der Waals surface area contributed by atoms with Gasteiger partial charge in [0.2, 0.25) is 0 Å². The van der Waals surface area contributed by atoms with E-state index < -0.39 is 10.2 Å². The van der Waals surface area contributed by atoms with E-state index in [9.17, 15) is 12.3 Å². The van der Waals surface area contributed by atoms with E-state index in [1.165, 1.54) is 23.5 Å². The van der Waals surface area contributed by atoms with Crippen molar-refractivity contribution in [2.24, 2.45) is 0 Å². The van der Waals surface area contributed by atoms with Gasteiger partial charge in [-0.2, -0.15) is 8.42 Å². The summed E-state index contributed by atoms with van der Waals surface area (Å²) in [4.78, 5) is 3.78. The normalized spacial score (nSPS) is 12.1. The van der Waals surface area contributed by atoms with Gasteiger partial charge in [0, 0.05) is 0 Å². The van der Waals surface area contributed by atoms with Crippen LogP contribution in [0.3, 0.4) is 0 Å². The Morgan fingerprint density at radius 3 is 2.79 bits per heavy atom. The summed E-state index contributed by atoms with van der Waals surface area (Å²) in [7, 11) is -4.65. The van der Waals surface area contributed by atoms with Gasteiger partial charge in [-0.25, -0.2) is 4.98 Å².